The fraction of sp³-hybridized carbons (Fsp3) is 0.348. The van der Waals surface area contributed by atoms with Gasteiger partial charge in [-0.25, -0.2) is 15.1 Å². The molecule has 0 spiro atoms. The van der Waals surface area contributed by atoms with E-state index in [1.54, 1.807) is 32.9 Å². The number of alkyl carbamates (subject to hydrolysis) is 1. The summed E-state index contributed by atoms with van der Waals surface area (Å²) < 4.78 is 10.4. The smallest absolute Gasteiger partial charge is 0.408 e. The Balaban J connectivity index is 1.92. The van der Waals surface area contributed by atoms with Gasteiger partial charge in [-0.1, -0.05) is 60.7 Å². The predicted molar refractivity (Wildman–Crippen MR) is 113 cm³/mol. The summed E-state index contributed by atoms with van der Waals surface area (Å²) in [6.45, 7) is 5.26. The van der Waals surface area contributed by atoms with Gasteiger partial charge in [0.05, 0.1) is 13.0 Å². The maximum atomic E-state index is 12.5. The number of ether oxygens (including phenoxy) is 2. The van der Waals surface area contributed by atoms with Crippen molar-refractivity contribution in [1.29, 1.82) is 0 Å². The molecule has 0 bridgehead atoms. The summed E-state index contributed by atoms with van der Waals surface area (Å²) in [4.78, 5) is 42.1. The van der Waals surface area contributed by atoms with Crippen LogP contribution in [0.25, 0.3) is 0 Å². The number of esters is 1. The Kier molecular flexibility index (Phi) is 9.02. The van der Waals surface area contributed by atoms with Gasteiger partial charge in [0.25, 0.3) is 0 Å². The minimum absolute atomic E-state index is 0.0122. The van der Waals surface area contributed by atoms with Crippen LogP contribution < -0.4 is 10.8 Å². The van der Waals surface area contributed by atoms with E-state index in [0.29, 0.717) is 0 Å². The zero-order chi connectivity index (χ0) is 22.7. The number of carbonyl (C=O) groups excluding carboxylic acids is 3. The number of nitrogens with one attached hydrogen (secondary N) is 2. The van der Waals surface area contributed by atoms with Gasteiger partial charge >= 0.3 is 12.1 Å². The molecular weight excluding hydrogens is 400 g/mol. The van der Waals surface area contributed by atoms with Gasteiger partial charge in [-0.3, -0.25) is 9.63 Å². The number of hydroxylamine groups is 1. The highest BCUT2D eigenvalue weighted by Crippen LogP contribution is 2.09. The third-order valence-corrected chi connectivity index (χ3v) is 3.86. The van der Waals surface area contributed by atoms with E-state index >= 15 is 0 Å². The van der Waals surface area contributed by atoms with E-state index in [2.05, 4.69) is 10.8 Å². The van der Waals surface area contributed by atoms with E-state index < -0.39 is 29.6 Å². The summed E-state index contributed by atoms with van der Waals surface area (Å²) in [7, 11) is 0. The van der Waals surface area contributed by atoms with Crippen LogP contribution in [0.4, 0.5) is 4.79 Å². The number of amides is 2. The van der Waals surface area contributed by atoms with Crippen molar-refractivity contribution in [2.24, 2.45) is 0 Å². The van der Waals surface area contributed by atoms with Crippen LogP contribution in [0.2, 0.25) is 0 Å². The molecule has 1 atom stereocenters. The molecule has 0 aromatic heterocycles. The minimum atomic E-state index is -1.24. The molecule has 2 aromatic carbocycles. The van der Waals surface area contributed by atoms with Gasteiger partial charge in [-0.2, -0.15) is 0 Å². The van der Waals surface area contributed by atoms with E-state index in [4.69, 9.17) is 14.3 Å². The highest BCUT2D eigenvalue weighted by molar-refractivity contribution is 5.87. The van der Waals surface area contributed by atoms with E-state index in [9.17, 15) is 14.4 Å². The standard InChI is InChI=1S/C23H28N2O6/c1-23(2,3)31-22(28)24-19(21(27)29-15-17-10-6-4-7-11-17)14-20(26)25-30-16-18-12-8-5-9-13-18/h4-13,19H,14-16H2,1-3H3,(H,24,28)(H,25,26)/t19-/m0/s1. The molecule has 0 aliphatic heterocycles. The van der Waals surface area contributed by atoms with Gasteiger partial charge < -0.3 is 14.8 Å². The number of hydrogen-bond donors (Lipinski definition) is 2. The van der Waals surface area contributed by atoms with Crippen LogP contribution in [-0.2, 0) is 37.1 Å². The summed E-state index contributed by atoms with van der Waals surface area (Å²) in [6.07, 6.45) is -1.20. The lowest BCUT2D eigenvalue weighted by molar-refractivity contribution is -0.150. The Morgan fingerprint density at radius 1 is 0.871 bits per heavy atom. The molecule has 166 valence electrons. The SMILES string of the molecule is CC(C)(C)OC(=O)N[C@@H](CC(=O)NOCc1ccccc1)C(=O)OCc1ccccc1. The van der Waals surface area contributed by atoms with Crippen LogP contribution in [0.15, 0.2) is 60.7 Å². The van der Waals surface area contributed by atoms with Crippen LogP contribution in [0.1, 0.15) is 38.3 Å². The van der Waals surface area contributed by atoms with Crippen LogP contribution >= 0.6 is 0 Å². The molecule has 31 heavy (non-hydrogen) atoms. The quantitative estimate of drug-likeness (QED) is 0.469. The average molecular weight is 428 g/mol. The fourth-order valence-corrected chi connectivity index (χ4v) is 2.47. The predicted octanol–water partition coefficient (Wildman–Crippen LogP) is 3.26. The molecule has 0 fully saturated rings. The Morgan fingerprint density at radius 3 is 1.97 bits per heavy atom. The lowest BCUT2D eigenvalue weighted by Gasteiger charge is -2.22. The van der Waals surface area contributed by atoms with Gasteiger partial charge in [0.2, 0.25) is 5.91 Å². The normalized spacial score (nSPS) is 11.8. The molecule has 8 heteroatoms. The van der Waals surface area contributed by atoms with Crippen molar-refractivity contribution >= 4 is 18.0 Å². The van der Waals surface area contributed by atoms with Gasteiger partial charge in [0.1, 0.15) is 18.2 Å². The Labute approximate surface area is 181 Å². The first-order chi connectivity index (χ1) is 14.7. The second-order valence-corrected chi connectivity index (χ2v) is 7.80. The number of benzene rings is 2. The van der Waals surface area contributed by atoms with Crippen molar-refractivity contribution in [2.75, 3.05) is 0 Å². The molecule has 0 saturated carbocycles. The summed E-state index contributed by atoms with van der Waals surface area (Å²) in [6, 6.07) is 17.1. The monoisotopic (exact) mass is 428 g/mol. The van der Waals surface area contributed by atoms with Crippen molar-refractivity contribution in [2.45, 2.75) is 52.0 Å². The maximum absolute atomic E-state index is 12.5. The van der Waals surface area contributed by atoms with Crippen LogP contribution in [0.3, 0.4) is 0 Å². The Hall–Kier alpha value is -3.39. The van der Waals surface area contributed by atoms with E-state index in [-0.39, 0.29) is 19.6 Å². The molecular formula is C23H28N2O6. The third-order valence-electron chi connectivity index (χ3n) is 3.86. The van der Waals surface area contributed by atoms with Crippen LogP contribution in [0.5, 0.6) is 0 Å². The van der Waals surface area contributed by atoms with Crippen LogP contribution in [0, 0.1) is 0 Å². The first-order valence-electron chi connectivity index (χ1n) is 9.87. The summed E-state index contributed by atoms with van der Waals surface area (Å²) in [5.41, 5.74) is 3.16. The molecule has 2 aromatic rings. The second kappa shape index (κ2) is 11.7. The summed E-state index contributed by atoms with van der Waals surface area (Å²) in [5.74, 6) is -1.35. The van der Waals surface area contributed by atoms with Gasteiger partial charge in [0, 0.05) is 0 Å². The topological polar surface area (TPSA) is 103 Å². The molecule has 2 amide bonds. The number of carbonyl (C=O) groups is 3. The van der Waals surface area contributed by atoms with E-state index in [0.717, 1.165) is 11.1 Å². The number of hydrogen-bond acceptors (Lipinski definition) is 6. The van der Waals surface area contributed by atoms with Crippen molar-refractivity contribution in [3.63, 3.8) is 0 Å². The number of rotatable bonds is 9. The molecule has 8 nitrogen and oxygen atoms in total. The fourth-order valence-electron chi connectivity index (χ4n) is 2.47. The third kappa shape index (κ3) is 9.77. The van der Waals surface area contributed by atoms with Crippen molar-refractivity contribution in [3.05, 3.63) is 71.8 Å². The minimum Gasteiger partial charge on any atom is -0.459 e. The van der Waals surface area contributed by atoms with E-state index in [1.165, 1.54) is 0 Å². The second-order valence-electron chi connectivity index (χ2n) is 7.80. The van der Waals surface area contributed by atoms with Gasteiger partial charge in [0.15, 0.2) is 0 Å². The Morgan fingerprint density at radius 2 is 1.42 bits per heavy atom. The molecule has 2 N–H and O–H groups in total. The highest BCUT2D eigenvalue weighted by atomic mass is 16.6. The van der Waals surface area contributed by atoms with Crippen molar-refractivity contribution < 1.29 is 28.7 Å². The summed E-state index contributed by atoms with van der Waals surface area (Å²) in [5, 5.41) is 2.40. The van der Waals surface area contributed by atoms with Crippen LogP contribution in [-0.4, -0.2) is 29.6 Å². The van der Waals surface area contributed by atoms with Gasteiger partial charge in [-0.15, -0.1) is 0 Å². The molecule has 0 heterocycles. The first kappa shape index (κ1) is 23.9. The van der Waals surface area contributed by atoms with Crippen molar-refractivity contribution in [1.82, 2.24) is 10.8 Å². The zero-order valence-corrected chi connectivity index (χ0v) is 17.9. The molecule has 0 saturated heterocycles. The highest BCUT2D eigenvalue weighted by Gasteiger charge is 2.28. The van der Waals surface area contributed by atoms with Gasteiger partial charge in [-0.05, 0) is 31.9 Å². The first-order valence-corrected chi connectivity index (χ1v) is 9.87. The Bertz CT molecular complexity index is 849. The largest absolute Gasteiger partial charge is 0.459 e. The molecule has 0 unspecified atom stereocenters. The van der Waals surface area contributed by atoms with Crippen molar-refractivity contribution in [3.8, 4) is 0 Å². The average Bonchev–Trinajstić information content (AvgIpc) is 2.71. The lowest BCUT2D eigenvalue weighted by Crippen LogP contribution is -2.46. The molecule has 0 aliphatic carbocycles. The molecule has 2 rings (SSSR count). The lowest BCUT2D eigenvalue weighted by atomic mass is 10.2. The molecule has 0 radical (unpaired) electrons. The summed E-state index contributed by atoms with van der Waals surface area (Å²) >= 11 is 0. The molecule has 0 aliphatic rings. The zero-order valence-electron chi connectivity index (χ0n) is 17.9. The van der Waals surface area contributed by atoms with E-state index in [1.807, 2.05) is 48.5 Å². The maximum Gasteiger partial charge on any atom is 0.408 e.